The van der Waals surface area contributed by atoms with Gasteiger partial charge >= 0.3 is 0 Å². The van der Waals surface area contributed by atoms with Crippen molar-refractivity contribution in [3.8, 4) is 5.75 Å². The van der Waals surface area contributed by atoms with Gasteiger partial charge in [-0.1, -0.05) is 25.4 Å². The number of rotatable bonds is 7. The van der Waals surface area contributed by atoms with E-state index in [9.17, 15) is 4.79 Å². The van der Waals surface area contributed by atoms with Crippen LogP contribution < -0.4 is 20.3 Å². The highest BCUT2D eigenvalue weighted by Crippen LogP contribution is 2.33. The number of hydrogen-bond acceptors (Lipinski definition) is 4. The van der Waals surface area contributed by atoms with E-state index in [1.54, 1.807) is 26.1 Å². The standard InChI is InChI=1S/C20H32ClN5O2.HI/c1-14(2)11-22-20(23-12-19(27)25(3)4)24-16-8-9-26(13-16)17-10-15(21)6-7-18(17)28-5;/h6-7,10,14,16H,8-9,11-13H2,1-5H3,(H2,22,23,24);1H. The lowest BCUT2D eigenvalue weighted by Crippen LogP contribution is -2.46. The molecule has 2 N–H and O–H groups in total. The van der Waals surface area contributed by atoms with Crippen molar-refractivity contribution < 1.29 is 9.53 Å². The van der Waals surface area contributed by atoms with E-state index >= 15 is 0 Å². The van der Waals surface area contributed by atoms with Gasteiger partial charge in [-0.25, -0.2) is 4.99 Å². The van der Waals surface area contributed by atoms with Crippen LogP contribution in [0.15, 0.2) is 23.2 Å². The largest absolute Gasteiger partial charge is 0.495 e. The quantitative estimate of drug-likeness (QED) is 0.318. The van der Waals surface area contributed by atoms with E-state index in [1.807, 2.05) is 18.2 Å². The van der Waals surface area contributed by atoms with Gasteiger partial charge in [0.2, 0.25) is 5.91 Å². The van der Waals surface area contributed by atoms with Crippen LogP contribution in [0.3, 0.4) is 0 Å². The summed E-state index contributed by atoms with van der Waals surface area (Å²) in [4.78, 5) is 20.2. The summed E-state index contributed by atoms with van der Waals surface area (Å²) in [5.74, 6) is 1.94. The Balaban J connectivity index is 0.00000420. The Morgan fingerprint density at radius 3 is 2.76 bits per heavy atom. The molecule has 1 aliphatic rings. The molecule has 1 heterocycles. The lowest BCUT2D eigenvalue weighted by atomic mass is 10.2. The SMILES string of the molecule is COc1ccc(Cl)cc1N1CCC(NC(=NCC(=O)N(C)C)NCC(C)C)C1.I. The summed E-state index contributed by atoms with van der Waals surface area (Å²) in [6.07, 6.45) is 0.958. The predicted octanol–water partition coefficient (Wildman–Crippen LogP) is 2.82. The number of anilines is 1. The number of carbonyl (C=O) groups excluding carboxylic acids is 1. The Morgan fingerprint density at radius 1 is 1.41 bits per heavy atom. The van der Waals surface area contributed by atoms with Crippen LogP contribution in [0.25, 0.3) is 0 Å². The maximum Gasteiger partial charge on any atom is 0.243 e. The number of benzene rings is 1. The molecule has 1 unspecified atom stereocenters. The molecule has 1 aliphatic heterocycles. The smallest absolute Gasteiger partial charge is 0.243 e. The van der Waals surface area contributed by atoms with Crippen LogP contribution in [0.5, 0.6) is 5.75 Å². The summed E-state index contributed by atoms with van der Waals surface area (Å²) in [5.41, 5.74) is 0.996. The minimum absolute atomic E-state index is 0. The molecule has 1 fully saturated rings. The second kappa shape index (κ2) is 12.3. The van der Waals surface area contributed by atoms with E-state index in [0.29, 0.717) is 16.9 Å². The summed E-state index contributed by atoms with van der Waals surface area (Å²) in [6.45, 7) is 6.89. The van der Waals surface area contributed by atoms with Gasteiger partial charge < -0.3 is 25.2 Å². The number of methoxy groups -OCH3 is 1. The minimum Gasteiger partial charge on any atom is -0.495 e. The van der Waals surface area contributed by atoms with Gasteiger partial charge in [0.25, 0.3) is 0 Å². The van der Waals surface area contributed by atoms with Crippen LogP contribution in [0.4, 0.5) is 5.69 Å². The monoisotopic (exact) mass is 537 g/mol. The van der Waals surface area contributed by atoms with E-state index < -0.39 is 0 Å². The Labute approximate surface area is 196 Å². The van der Waals surface area contributed by atoms with Crippen molar-refractivity contribution in [2.75, 3.05) is 52.3 Å². The fourth-order valence-electron chi connectivity index (χ4n) is 2.94. The molecule has 2 rings (SSSR count). The minimum atomic E-state index is -0.0256. The number of nitrogens with zero attached hydrogens (tertiary/aromatic N) is 3. The van der Waals surface area contributed by atoms with Gasteiger partial charge in [0.1, 0.15) is 12.3 Å². The Bertz CT molecular complexity index is 699. The second-order valence-electron chi connectivity index (χ2n) is 7.62. The summed E-state index contributed by atoms with van der Waals surface area (Å²) < 4.78 is 5.48. The van der Waals surface area contributed by atoms with Crippen LogP contribution in [-0.4, -0.2) is 70.2 Å². The van der Waals surface area contributed by atoms with Crippen LogP contribution in [-0.2, 0) is 4.79 Å². The molecule has 29 heavy (non-hydrogen) atoms. The Hall–Kier alpha value is -1.42. The average Bonchev–Trinajstić information content (AvgIpc) is 3.11. The number of amides is 1. The first-order chi connectivity index (χ1) is 13.3. The number of nitrogens with one attached hydrogen (secondary N) is 2. The molecule has 0 aromatic heterocycles. The molecule has 1 atom stereocenters. The third kappa shape index (κ3) is 8.08. The van der Waals surface area contributed by atoms with Crippen molar-refractivity contribution in [1.82, 2.24) is 15.5 Å². The van der Waals surface area contributed by atoms with Crippen LogP contribution in [0.1, 0.15) is 20.3 Å². The normalized spacial score (nSPS) is 16.4. The number of aliphatic imine (C=N–C) groups is 1. The predicted molar refractivity (Wildman–Crippen MR) is 131 cm³/mol. The van der Waals surface area contributed by atoms with Gasteiger partial charge in [0, 0.05) is 44.8 Å². The van der Waals surface area contributed by atoms with Crippen LogP contribution >= 0.6 is 35.6 Å². The fourth-order valence-corrected chi connectivity index (χ4v) is 3.11. The van der Waals surface area contributed by atoms with Gasteiger partial charge in [-0.05, 0) is 30.5 Å². The molecule has 0 aliphatic carbocycles. The first-order valence-corrected chi connectivity index (χ1v) is 10.0. The van der Waals surface area contributed by atoms with Crippen molar-refractivity contribution in [3.05, 3.63) is 23.2 Å². The van der Waals surface area contributed by atoms with Crippen molar-refractivity contribution >= 4 is 53.1 Å². The molecule has 1 amide bonds. The maximum atomic E-state index is 11.9. The molecule has 0 bridgehead atoms. The van der Waals surface area contributed by atoms with Crippen LogP contribution in [0.2, 0.25) is 5.02 Å². The Kier molecular flexibility index (Phi) is 10.9. The molecule has 9 heteroatoms. The molecule has 164 valence electrons. The number of carbonyl (C=O) groups is 1. The van der Waals surface area contributed by atoms with Crippen molar-refractivity contribution in [2.45, 2.75) is 26.3 Å². The zero-order chi connectivity index (χ0) is 20.7. The maximum absolute atomic E-state index is 11.9. The van der Waals surface area contributed by atoms with E-state index in [2.05, 4.69) is 34.4 Å². The third-order valence-electron chi connectivity index (χ3n) is 4.56. The molecule has 0 radical (unpaired) electrons. The highest BCUT2D eigenvalue weighted by molar-refractivity contribution is 14.0. The van der Waals surface area contributed by atoms with E-state index in [4.69, 9.17) is 16.3 Å². The van der Waals surface area contributed by atoms with Crippen molar-refractivity contribution in [1.29, 1.82) is 0 Å². The van der Waals surface area contributed by atoms with Crippen molar-refractivity contribution in [3.63, 3.8) is 0 Å². The molecule has 1 aromatic rings. The molecule has 1 aromatic carbocycles. The van der Waals surface area contributed by atoms with Gasteiger partial charge in [0.05, 0.1) is 12.8 Å². The molecular weight excluding hydrogens is 505 g/mol. The molecule has 7 nitrogen and oxygen atoms in total. The fraction of sp³-hybridized carbons (Fsp3) is 0.600. The highest BCUT2D eigenvalue weighted by Gasteiger charge is 2.25. The topological polar surface area (TPSA) is 69.2 Å². The second-order valence-corrected chi connectivity index (χ2v) is 8.06. The summed E-state index contributed by atoms with van der Waals surface area (Å²) in [5, 5.41) is 7.49. The Morgan fingerprint density at radius 2 is 2.14 bits per heavy atom. The van der Waals surface area contributed by atoms with Crippen LogP contribution in [0, 0.1) is 5.92 Å². The summed E-state index contributed by atoms with van der Waals surface area (Å²) >= 11 is 6.18. The molecule has 1 saturated heterocycles. The molecular formula is C20H33ClIN5O2. The highest BCUT2D eigenvalue weighted by atomic mass is 127. The number of guanidine groups is 1. The van der Waals surface area contributed by atoms with E-state index in [-0.39, 0.29) is 42.5 Å². The lowest BCUT2D eigenvalue weighted by Gasteiger charge is -2.23. The average molecular weight is 538 g/mol. The number of hydrogen-bond donors (Lipinski definition) is 2. The van der Waals surface area contributed by atoms with Gasteiger partial charge in [-0.15, -0.1) is 24.0 Å². The third-order valence-corrected chi connectivity index (χ3v) is 4.79. The first-order valence-electron chi connectivity index (χ1n) is 9.63. The zero-order valence-electron chi connectivity index (χ0n) is 17.9. The molecule has 0 saturated carbocycles. The number of likely N-dealkylation sites (N-methyl/N-ethyl adjacent to an activating group) is 1. The van der Waals surface area contributed by atoms with Crippen molar-refractivity contribution in [2.24, 2.45) is 10.9 Å². The van der Waals surface area contributed by atoms with Gasteiger partial charge in [-0.2, -0.15) is 0 Å². The molecule has 0 spiro atoms. The lowest BCUT2D eigenvalue weighted by molar-refractivity contribution is -0.127. The first kappa shape index (κ1) is 25.6. The number of ether oxygens (including phenoxy) is 1. The van der Waals surface area contributed by atoms with Gasteiger partial charge in [0.15, 0.2) is 5.96 Å². The summed E-state index contributed by atoms with van der Waals surface area (Å²) in [6, 6.07) is 5.88. The summed E-state index contributed by atoms with van der Waals surface area (Å²) in [7, 11) is 5.14. The van der Waals surface area contributed by atoms with E-state index in [1.165, 1.54) is 0 Å². The zero-order valence-corrected chi connectivity index (χ0v) is 21.0. The number of halogens is 2. The van der Waals surface area contributed by atoms with E-state index in [0.717, 1.165) is 37.5 Å². The van der Waals surface area contributed by atoms with Gasteiger partial charge in [-0.3, -0.25) is 4.79 Å².